The van der Waals surface area contributed by atoms with Gasteiger partial charge in [0.1, 0.15) is 8.22 Å². The molecule has 5 rings (SSSR count). The first-order valence-corrected chi connectivity index (χ1v) is 12.3. The van der Waals surface area contributed by atoms with E-state index in [-0.39, 0.29) is 0 Å². The van der Waals surface area contributed by atoms with Crippen LogP contribution in [-0.2, 0) is 0 Å². The van der Waals surface area contributed by atoms with E-state index in [0.717, 1.165) is 22.7 Å². The molecule has 0 aromatic heterocycles. The molecule has 2 nitrogen and oxygen atoms in total. The zero-order valence-corrected chi connectivity index (χ0v) is 19.2. The highest BCUT2D eigenvalue weighted by atomic mass is 31.1. The normalized spacial score (nSPS) is 10.7. The fourth-order valence-corrected chi connectivity index (χ4v) is 6.38. The second-order valence-electron chi connectivity index (χ2n) is 7.59. The Morgan fingerprint density at radius 3 is 0.818 bits per heavy atom. The number of hydrogen-bond acceptors (Lipinski definition) is 2. The molecule has 160 valence electrons. The van der Waals surface area contributed by atoms with Gasteiger partial charge in [-0.15, -0.1) is 0 Å². The van der Waals surface area contributed by atoms with Gasteiger partial charge in [0.15, 0.2) is 0 Å². The number of anilines is 4. The maximum Gasteiger partial charge on any atom is 0.138 e. The molecule has 0 heterocycles. The fraction of sp³-hybridized carbons (Fsp3) is 0. The molecule has 0 aliphatic rings. The van der Waals surface area contributed by atoms with Crippen LogP contribution in [0.5, 0.6) is 0 Å². The summed E-state index contributed by atoms with van der Waals surface area (Å²) in [7, 11) is -1.02. The van der Waals surface area contributed by atoms with E-state index in [1.165, 1.54) is 5.30 Å². The molecule has 0 saturated heterocycles. The number of hydrogen-bond donors (Lipinski definition) is 0. The summed E-state index contributed by atoms with van der Waals surface area (Å²) >= 11 is 0. The predicted molar refractivity (Wildman–Crippen MR) is 143 cm³/mol. The van der Waals surface area contributed by atoms with Gasteiger partial charge in [-0.3, -0.25) is 9.34 Å². The predicted octanol–water partition coefficient (Wildman–Crippen LogP) is 8.30. The molecule has 0 saturated carbocycles. The highest BCUT2D eigenvalue weighted by Crippen LogP contribution is 2.56. The summed E-state index contributed by atoms with van der Waals surface area (Å²) in [5.74, 6) is 0. The third-order valence-corrected chi connectivity index (χ3v) is 7.81. The lowest BCUT2D eigenvalue weighted by atomic mass is 10.3. The molecule has 0 atom stereocenters. The summed E-state index contributed by atoms with van der Waals surface area (Å²) in [5.41, 5.74) is 4.65. The number of benzene rings is 5. The minimum absolute atomic E-state index is 1.02. The van der Waals surface area contributed by atoms with Gasteiger partial charge >= 0.3 is 0 Å². The smallest absolute Gasteiger partial charge is 0.138 e. The molecule has 0 aliphatic heterocycles. The summed E-state index contributed by atoms with van der Waals surface area (Å²) in [5, 5.41) is 1.27. The zero-order valence-electron chi connectivity index (χ0n) is 18.3. The van der Waals surface area contributed by atoms with Gasteiger partial charge in [0.05, 0.1) is 0 Å². The third-order valence-electron chi connectivity index (χ3n) is 5.37. The van der Waals surface area contributed by atoms with Crippen molar-refractivity contribution in [2.24, 2.45) is 0 Å². The van der Waals surface area contributed by atoms with Crippen LogP contribution in [0, 0.1) is 0 Å². The third kappa shape index (κ3) is 4.67. The summed E-state index contributed by atoms with van der Waals surface area (Å²) in [4.78, 5) is 0. The van der Waals surface area contributed by atoms with Crippen LogP contribution >= 0.6 is 8.22 Å². The van der Waals surface area contributed by atoms with Crippen LogP contribution < -0.4 is 14.6 Å². The van der Waals surface area contributed by atoms with E-state index >= 15 is 0 Å². The Morgan fingerprint density at radius 2 is 0.545 bits per heavy atom. The van der Waals surface area contributed by atoms with Crippen molar-refractivity contribution in [3.05, 3.63) is 152 Å². The molecule has 0 spiro atoms. The van der Waals surface area contributed by atoms with E-state index in [1.807, 2.05) is 0 Å². The van der Waals surface area contributed by atoms with Gasteiger partial charge in [-0.05, 0) is 48.5 Å². The molecule has 0 bridgehead atoms. The molecule has 5 aromatic rings. The van der Waals surface area contributed by atoms with Crippen molar-refractivity contribution >= 4 is 36.3 Å². The number of nitrogens with zero attached hydrogens (tertiary/aromatic N) is 2. The SMILES string of the molecule is c1ccc(N(c2ccccc2)P(c2ccccc2)N(c2ccccc2)c2ccccc2)cc1. The monoisotopic (exact) mass is 444 g/mol. The van der Waals surface area contributed by atoms with Gasteiger partial charge in [-0.25, -0.2) is 0 Å². The van der Waals surface area contributed by atoms with E-state index in [4.69, 9.17) is 0 Å². The first kappa shape index (κ1) is 21.0. The molecular weight excluding hydrogens is 419 g/mol. The highest BCUT2D eigenvalue weighted by Gasteiger charge is 2.31. The minimum atomic E-state index is -1.02. The quantitative estimate of drug-likeness (QED) is 0.233. The van der Waals surface area contributed by atoms with Crippen molar-refractivity contribution in [3.63, 3.8) is 0 Å². The molecule has 0 amide bonds. The summed E-state index contributed by atoms with van der Waals surface area (Å²) < 4.78 is 4.95. The van der Waals surface area contributed by atoms with Crippen molar-refractivity contribution in [2.45, 2.75) is 0 Å². The van der Waals surface area contributed by atoms with Crippen LogP contribution in [0.25, 0.3) is 0 Å². The van der Waals surface area contributed by atoms with Crippen LogP contribution in [0.4, 0.5) is 22.7 Å². The molecular formula is C30H25N2P. The molecule has 0 aliphatic carbocycles. The lowest BCUT2D eigenvalue weighted by Crippen LogP contribution is -2.28. The van der Waals surface area contributed by atoms with Gasteiger partial charge in [-0.1, -0.05) is 103 Å². The van der Waals surface area contributed by atoms with Gasteiger partial charge < -0.3 is 0 Å². The van der Waals surface area contributed by atoms with E-state index in [1.54, 1.807) is 0 Å². The van der Waals surface area contributed by atoms with Gasteiger partial charge in [0.25, 0.3) is 0 Å². The minimum Gasteiger partial charge on any atom is -0.299 e. The lowest BCUT2D eigenvalue weighted by molar-refractivity contribution is 1.34. The molecule has 0 fully saturated rings. The van der Waals surface area contributed by atoms with E-state index in [9.17, 15) is 0 Å². The Morgan fingerprint density at radius 1 is 0.303 bits per heavy atom. The first-order chi connectivity index (χ1) is 16.4. The number of para-hydroxylation sites is 4. The van der Waals surface area contributed by atoms with Crippen LogP contribution in [0.3, 0.4) is 0 Å². The molecule has 0 N–H and O–H groups in total. The average Bonchev–Trinajstić information content (AvgIpc) is 2.91. The largest absolute Gasteiger partial charge is 0.299 e. The van der Waals surface area contributed by atoms with Crippen molar-refractivity contribution in [2.75, 3.05) is 9.34 Å². The maximum atomic E-state index is 2.48. The van der Waals surface area contributed by atoms with Crippen molar-refractivity contribution in [1.82, 2.24) is 0 Å². The Kier molecular flexibility index (Phi) is 6.47. The Hall–Kier alpha value is -3.87. The van der Waals surface area contributed by atoms with E-state index < -0.39 is 8.22 Å². The van der Waals surface area contributed by atoms with Crippen molar-refractivity contribution < 1.29 is 0 Å². The van der Waals surface area contributed by atoms with Gasteiger partial charge in [0.2, 0.25) is 0 Å². The second kappa shape index (κ2) is 10.2. The Balaban J connectivity index is 1.79. The van der Waals surface area contributed by atoms with E-state index in [0.29, 0.717) is 0 Å². The van der Waals surface area contributed by atoms with Crippen molar-refractivity contribution in [3.8, 4) is 0 Å². The second-order valence-corrected chi connectivity index (χ2v) is 9.49. The van der Waals surface area contributed by atoms with E-state index in [2.05, 4.69) is 161 Å². The number of rotatable bonds is 7. The van der Waals surface area contributed by atoms with Crippen LogP contribution in [-0.4, -0.2) is 0 Å². The van der Waals surface area contributed by atoms with Crippen LogP contribution in [0.2, 0.25) is 0 Å². The fourth-order valence-electron chi connectivity index (χ4n) is 3.89. The average molecular weight is 445 g/mol. The highest BCUT2D eigenvalue weighted by molar-refractivity contribution is 7.69. The van der Waals surface area contributed by atoms with Crippen LogP contribution in [0.1, 0.15) is 0 Å². The lowest BCUT2D eigenvalue weighted by Gasteiger charge is -2.42. The van der Waals surface area contributed by atoms with Crippen molar-refractivity contribution in [1.29, 1.82) is 0 Å². The summed E-state index contributed by atoms with van der Waals surface area (Å²) in [6, 6.07) is 53.6. The first-order valence-electron chi connectivity index (χ1n) is 11.1. The molecule has 3 heteroatoms. The molecule has 0 radical (unpaired) electrons. The van der Waals surface area contributed by atoms with Gasteiger partial charge in [0, 0.05) is 28.1 Å². The summed E-state index contributed by atoms with van der Waals surface area (Å²) in [6.45, 7) is 0. The summed E-state index contributed by atoms with van der Waals surface area (Å²) in [6.07, 6.45) is 0. The molecule has 0 unspecified atom stereocenters. The van der Waals surface area contributed by atoms with Gasteiger partial charge in [-0.2, -0.15) is 0 Å². The Bertz CT molecular complexity index is 1090. The standard InChI is InChI=1S/C30H25N2P/c1-6-16-26(17-7-1)31(27-18-8-2-9-19-27)33(30-24-14-5-15-25-30)32(28-20-10-3-11-21-28)29-22-12-4-13-23-29/h1-25H. The molecule has 33 heavy (non-hydrogen) atoms. The van der Waals surface area contributed by atoms with Crippen LogP contribution in [0.15, 0.2) is 152 Å². The zero-order chi connectivity index (χ0) is 22.3. The topological polar surface area (TPSA) is 6.48 Å². The Labute approximate surface area is 197 Å². The molecule has 5 aromatic carbocycles. The maximum absolute atomic E-state index is 2.48.